The van der Waals surface area contributed by atoms with Crippen molar-refractivity contribution in [3.63, 3.8) is 0 Å². The number of H-pyrrole nitrogens is 1. The maximum atomic E-state index is 9.82. The second kappa shape index (κ2) is 3.83. The van der Waals surface area contributed by atoms with Gasteiger partial charge in [0.25, 0.3) is 0 Å². The normalized spacial score (nSPS) is 15.8. The highest BCUT2D eigenvalue weighted by Gasteiger charge is 2.19. The summed E-state index contributed by atoms with van der Waals surface area (Å²) in [6.45, 7) is 0.992. The van der Waals surface area contributed by atoms with E-state index in [4.69, 9.17) is 0 Å². The monoisotopic (exact) mass is 216 g/mol. The fourth-order valence-corrected chi connectivity index (χ4v) is 2.13. The molecule has 16 heavy (non-hydrogen) atoms. The smallest absolute Gasteiger partial charge is 0.125 e. The van der Waals surface area contributed by atoms with Crippen LogP contribution in [0.25, 0.3) is 10.9 Å². The topological polar surface area (TPSA) is 48.0 Å². The number of phenols is 1. The van der Waals surface area contributed by atoms with Crippen molar-refractivity contribution in [2.75, 3.05) is 6.54 Å². The Morgan fingerprint density at radius 2 is 2.25 bits per heavy atom. The predicted octanol–water partition coefficient (Wildman–Crippen LogP) is 2.17. The van der Waals surface area contributed by atoms with Gasteiger partial charge in [0.2, 0.25) is 0 Å². The molecule has 3 rings (SSSR count). The van der Waals surface area contributed by atoms with Crippen molar-refractivity contribution in [1.82, 2.24) is 10.3 Å². The van der Waals surface area contributed by atoms with Crippen LogP contribution in [0.5, 0.6) is 5.75 Å². The minimum absolute atomic E-state index is 0.375. The van der Waals surface area contributed by atoms with Crippen LogP contribution in [0.4, 0.5) is 0 Å². The maximum absolute atomic E-state index is 9.82. The molecule has 2 aromatic rings. The lowest BCUT2D eigenvalue weighted by Gasteiger charge is -2.02. The van der Waals surface area contributed by atoms with Gasteiger partial charge in [0.1, 0.15) is 5.75 Å². The highest BCUT2D eigenvalue weighted by atomic mass is 16.3. The van der Waals surface area contributed by atoms with E-state index in [0.29, 0.717) is 5.75 Å². The molecule has 3 N–H and O–H groups in total. The van der Waals surface area contributed by atoms with E-state index in [2.05, 4.69) is 10.3 Å². The summed E-state index contributed by atoms with van der Waals surface area (Å²) in [6.07, 6.45) is 5.60. The highest BCUT2D eigenvalue weighted by Crippen LogP contribution is 2.27. The molecule has 0 radical (unpaired) electrons. The van der Waals surface area contributed by atoms with Crippen molar-refractivity contribution < 1.29 is 5.11 Å². The van der Waals surface area contributed by atoms with Crippen molar-refractivity contribution in [2.45, 2.75) is 25.3 Å². The van der Waals surface area contributed by atoms with E-state index in [-0.39, 0.29) is 0 Å². The first-order chi connectivity index (χ1) is 7.84. The van der Waals surface area contributed by atoms with Gasteiger partial charge in [-0.1, -0.05) is 6.07 Å². The summed E-state index contributed by atoms with van der Waals surface area (Å²) in [5.74, 6) is 0.375. The zero-order valence-corrected chi connectivity index (χ0v) is 9.16. The Labute approximate surface area is 94.5 Å². The Kier molecular flexibility index (Phi) is 2.33. The minimum atomic E-state index is 0.375. The summed E-state index contributed by atoms with van der Waals surface area (Å²) >= 11 is 0. The molecule has 0 spiro atoms. The molecule has 1 aliphatic rings. The molecule has 0 aliphatic heterocycles. The van der Waals surface area contributed by atoms with Gasteiger partial charge in [0.15, 0.2) is 0 Å². The molecule has 3 heteroatoms. The molecule has 1 aromatic carbocycles. The Balaban J connectivity index is 1.79. The lowest BCUT2D eigenvalue weighted by atomic mass is 10.1. The Morgan fingerprint density at radius 1 is 1.38 bits per heavy atom. The molecular weight excluding hydrogens is 200 g/mol. The van der Waals surface area contributed by atoms with Gasteiger partial charge >= 0.3 is 0 Å². The largest absolute Gasteiger partial charge is 0.507 e. The number of fused-ring (bicyclic) bond motifs is 1. The van der Waals surface area contributed by atoms with Gasteiger partial charge in [-0.3, -0.25) is 0 Å². The first-order valence-corrected chi connectivity index (χ1v) is 5.86. The van der Waals surface area contributed by atoms with Crippen molar-refractivity contribution in [3.8, 4) is 5.75 Å². The Morgan fingerprint density at radius 3 is 3.06 bits per heavy atom. The van der Waals surface area contributed by atoms with E-state index in [1.165, 1.54) is 18.4 Å². The third-order valence-electron chi connectivity index (χ3n) is 3.17. The number of nitrogens with one attached hydrogen (secondary N) is 2. The zero-order chi connectivity index (χ0) is 11.0. The van der Waals surface area contributed by atoms with Crippen LogP contribution in [-0.2, 0) is 6.42 Å². The Hall–Kier alpha value is -1.48. The molecule has 0 unspecified atom stereocenters. The number of benzene rings is 1. The van der Waals surface area contributed by atoms with Crippen LogP contribution >= 0.6 is 0 Å². The number of aromatic amines is 1. The van der Waals surface area contributed by atoms with Gasteiger partial charge in [0, 0.05) is 23.1 Å². The third kappa shape index (κ3) is 1.78. The van der Waals surface area contributed by atoms with Crippen LogP contribution in [0.15, 0.2) is 24.4 Å². The summed E-state index contributed by atoms with van der Waals surface area (Å²) in [5, 5.41) is 14.3. The number of aromatic nitrogens is 1. The van der Waals surface area contributed by atoms with Gasteiger partial charge in [-0.15, -0.1) is 0 Å². The number of hydrogen-bond donors (Lipinski definition) is 3. The van der Waals surface area contributed by atoms with Crippen LogP contribution in [0, 0.1) is 0 Å². The van der Waals surface area contributed by atoms with Crippen molar-refractivity contribution in [3.05, 3.63) is 30.0 Å². The molecule has 1 aromatic heterocycles. The van der Waals surface area contributed by atoms with E-state index in [1.807, 2.05) is 18.3 Å². The third-order valence-corrected chi connectivity index (χ3v) is 3.17. The second-order valence-corrected chi connectivity index (χ2v) is 4.49. The van der Waals surface area contributed by atoms with E-state index in [1.54, 1.807) is 6.07 Å². The highest BCUT2D eigenvalue weighted by molar-refractivity contribution is 5.88. The molecular formula is C13H16N2O. The molecule has 1 saturated carbocycles. The summed E-state index contributed by atoms with van der Waals surface area (Å²) in [5.41, 5.74) is 2.21. The van der Waals surface area contributed by atoms with Crippen LogP contribution in [0.1, 0.15) is 18.4 Å². The molecule has 1 fully saturated rings. The average molecular weight is 216 g/mol. The van der Waals surface area contributed by atoms with E-state index in [9.17, 15) is 5.11 Å². The SMILES string of the molecule is Oc1cccc2[nH]cc(CCNC3CC3)c12. The average Bonchev–Trinajstić information content (AvgIpc) is 3.00. The predicted molar refractivity (Wildman–Crippen MR) is 64.7 cm³/mol. The van der Waals surface area contributed by atoms with Crippen molar-refractivity contribution in [2.24, 2.45) is 0 Å². The van der Waals surface area contributed by atoms with Crippen LogP contribution in [0.3, 0.4) is 0 Å². The van der Waals surface area contributed by atoms with Gasteiger partial charge in [-0.25, -0.2) is 0 Å². The first kappa shape index (κ1) is 9.73. The molecule has 0 bridgehead atoms. The standard InChI is InChI=1S/C13H16N2O/c16-12-3-1-2-11-13(12)9(8-15-11)6-7-14-10-4-5-10/h1-3,8,10,14-16H,4-7H2. The zero-order valence-electron chi connectivity index (χ0n) is 9.16. The Bertz CT molecular complexity index is 500. The summed E-state index contributed by atoms with van der Waals surface area (Å²) in [4.78, 5) is 3.19. The maximum Gasteiger partial charge on any atom is 0.125 e. The summed E-state index contributed by atoms with van der Waals surface area (Å²) in [7, 11) is 0. The van der Waals surface area contributed by atoms with E-state index < -0.39 is 0 Å². The minimum Gasteiger partial charge on any atom is -0.507 e. The summed E-state index contributed by atoms with van der Waals surface area (Å²) in [6, 6.07) is 6.35. The van der Waals surface area contributed by atoms with Crippen LogP contribution in [0.2, 0.25) is 0 Å². The molecule has 1 aliphatic carbocycles. The molecule has 0 saturated heterocycles. The van der Waals surface area contributed by atoms with Crippen molar-refractivity contribution >= 4 is 10.9 Å². The number of hydrogen-bond acceptors (Lipinski definition) is 2. The molecule has 3 nitrogen and oxygen atoms in total. The first-order valence-electron chi connectivity index (χ1n) is 5.86. The van der Waals surface area contributed by atoms with Gasteiger partial charge < -0.3 is 15.4 Å². The number of phenolic OH excluding ortho intramolecular Hbond substituents is 1. The van der Waals surface area contributed by atoms with E-state index >= 15 is 0 Å². The van der Waals surface area contributed by atoms with E-state index in [0.717, 1.165) is 29.9 Å². The molecule has 1 heterocycles. The van der Waals surface area contributed by atoms with Gasteiger partial charge in [-0.2, -0.15) is 0 Å². The fourth-order valence-electron chi connectivity index (χ4n) is 2.13. The van der Waals surface area contributed by atoms with Gasteiger partial charge in [0.05, 0.1) is 0 Å². The quantitative estimate of drug-likeness (QED) is 0.733. The number of rotatable bonds is 4. The molecule has 84 valence electrons. The lowest BCUT2D eigenvalue weighted by Crippen LogP contribution is -2.19. The lowest BCUT2D eigenvalue weighted by molar-refractivity contribution is 0.481. The van der Waals surface area contributed by atoms with Crippen LogP contribution < -0.4 is 5.32 Å². The fraction of sp³-hybridized carbons (Fsp3) is 0.385. The molecule has 0 atom stereocenters. The number of aromatic hydroxyl groups is 1. The van der Waals surface area contributed by atoms with Crippen molar-refractivity contribution in [1.29, 1.82) is 0 Å². The second-order valence-electron chi connectivity index (χ2n) is 4.49. The molecule has 0 amide bonds. The summed E-state index contributed by atoms with van der Waals surface area (Å²) < 4.78 is 0. The van der Waals surface area contributed by atoms with Crippen LogP contribution in [-0.4, -0.2) is 22.7 Å². The van der Waals surface area contributed by atoms with Gasteiger partial charge in [-0.05, 0) is 43.5 Å².